The summed E-state index contributed by atoms with van der Waals surface area (Å²) in [7, 11) is 0. The molecule has 0 heterocycles. The van der Waals surface area contributed by atoms with Crippen LogP contribution in [-0.2, 0) is 21.5 Å². The van der Waals surface area contributed by atoms with Crippen molar-refractivity contribution in [1.29, 1.82) is 0 Å². The van der Waals surface area contributed by atoms with Crippen molar-refractivity contribution >= 4 is 5.97 Å². The molecule has 3 heteroatoms. The standard InChI is InChI=1S/C29H33NO2/c1-4-32-28(31)29(19-12-20-30(22(2)3)21-23-13-6-5-7-14-23)26-17-10-8-15-24(26)25-16-9-11-18-27(25)29/h5-11,13-18,22H,4,12,19-21H2,1-3H3. The number of nitrogens with zero attached hydrogens (tertiary/aromatic N) is 1. The maximum absolute atomic E-state index is 13.6. The first-order chi connectivity index (χ1) is 15.6. The number of rotatable bonds is 9. The van der Waals surface area contributed by atoms with Crippen LogP contribution in [0, 0.1) is 0 Å². The van der Waals surface area contributed by atoms with Gasteiger partial charge in [-0.3, -0.25) is 9.69 Å². The average molecular weight is 428 g/mol. The summed E-state index contributed by atoms with van der Waals surface area (Å²) in [5.41, 5.74) is 5.05. The van der Waals surface area contributed by atoms with Crippen LogP contribution < -0.4 is 0 Å². The van der Waals surface area contributed by atoms with Gasteiger partial charge in [0.25, 0.3) is 0 Å². The fourth-order valence-corrected chi connectivity index (χ4v) is 5.06. The Morgan fingerprint density at radius 3 is 2.00 bits per heavy atom. The third kappa shape index (κ3) is 4.10. The summed E-state index contributed by atoms with van der Waals surface area (Å²) in [6.45, 7) is 8.60. The minimum absolute atomic E-state index is 0.128. The molecule has 1 aliphatic carbocycles. The molecule has 0 fully saturated rings. The van der Waals surface area contributed by atoms with Crippen molar-refractivity contribution in [3.05, 3.63) is 95.6 Å². The highest BCUT2D eigenvalue weighted by Gasteiger charge is 2.49. The summed E-state index contributed by atoms with van der Waals surface area (Å²) < 4.78 is 5.69. The molecule has 0 bridgehead atoms. The zero-order valence-corrected chi connectivity index (χ0v) is 19.4. The smallest absolute Gasteiger partial charge is 0.321 e. The van der Waals surface area contributed by atoms with Gasteiger partial charge in [0.1, 0.15) is 5.41 Å². The van der Waals surface area contributed by atoms with Crippen LogP contribution in [0.4, 0.5) is 0 Å². The maximum atomic E-state index is 13.6. The lowest BCUT2D eigenvalue weighted by atomic mass is 9.74. The molecule has 3 aromatic rings. The van der Waals surface area contributed by atoms with E-state index in [1.54, 1.807) is 0 Å². The van der Waals surface area contributed by atoms with Gasteiger partial charge < -0.3 is 4.74 Å². The van der Waals surface area contributed by atoms with Gasteiger partial charge in [0.15, 0.2) is 0 Å². The molecule has 1 aliphatic rings. The zero-order valence-electron chi connectivity index (χ0n) is 19.4. The van der Waals surface area contributed by atoms with Crippen LogP contribution in [-0.4, -0.2) is 30.1 Å². The molecular formula is C29H33NO2. The molecule has 0 saturated heterocycles. The Hall–Kier alpha value is -2.91. The van der Waals surface area contributed by atoms with Gasteiger partial charge in [-0.25, -0.2) is 0 Å². The second-order valence-electron chi connectivity index (χ2n) is 8.87. The Morgan fingerprint density at radius 1 is 0.875 bits per heavy atom. The topological polar surface area (TPSA) is 29.5 Å². The molecule has 4 rings (SSSR count). The third-order valence-electron chi connectivity index (χ3n) is 6.64. The number of hydrogen-bond donors (Lipinski definition) is 0. The van der Waals surface area contributed by atoms with E-state index in [2.05, 4.69) is 85.5 Å². The lowest BCUT2D eigenvalue weighted by Crippen LogP contribution is -2.39. The molecule has 0 saturated carbocycles. The second kappa shape index (κ2) is 9.70. The van der Waals surface area contributed by atoms with E-state index >= 15 is 0 Å². The van der Waals surface area contributed by atoms with E-state index < -0.39 is 5.41 Å². The molecule has 32 heavy (non-hydrogen) atoms. The minimum atomic E-state index is -0.738. The molecule has 0 unspecified atom stereocenters. The van der Waals surface area contributed by atoms with Crippen molar-refractivity contribution in [2.45, 2.75) is 51.6 Å². The van der Waals surface area contributed by atoms with Gasteiger partial charge in [0, 0.05) is 12.6 Å². The predicted molar refractivity (Wildman–Crippen MR) is 131 cm³/mol. The highest BCUT2D eigenvalue weighted by molar-refractivity contribution is 5.98. The van der Waals surface area contributed by atoms with Gasteiger partial charge >= 0.3 is 5.97 Å². The first kappa shape index (κ1) is 22.3. The van der Waals surface area contributed by atoms with Crippen LogP contribution in [0.3, 0.4) is 0 Å². The molecule has 166 valence electrons. The molecule has 0 aromatic heterocycles. The summed E-state index contributed by atoms with van der Waals surface area (Å²) in [5, 5.41) is 0. The quantitative estimate of drug-likeness (QED) is 0.380. The monoisotopic (exact) mass is 427 g/mol. The Kier molecular flexibility index (Phi) is 6.76. The number of fused-ring (bicyclic) bond motifs is 3. The van der Waals surface area contributed by atoms with Gasteiger partial charge in [-0.15, -0.1) is 0 Å². The van der Waals surface area contributed by atoms with Crippen LogP contribution >= 0.6 is 0 Å². The van der Waals surface area contributed by atoms with Gasteiger partial charge in [0.05, 0.1) is 6.61 Å². The SMILES string of the molecule is CCOC(=O)C1(CCCN(Cc2ccccc2)C(C)C)c2ccccc2-c2ccccc21. The van der Waals surface area contributed by atoms with E-state index in [0.29, 0.717) is 12.6 Å². The van der Waals surface area contributed by atoms with Crippen molar-refractivity contribution in [3.8, 4) is 11.1 Å². The van der Waals surface area contributed by atoms with Gasteiger partial charge in [0.2, 0.25) is 0 Å². The number of carbonyl (C=O) groups is 1. The Balaban J connectivity index is 1.63. The highest BCUT2D eigenvalue weighted by atomic mass is 16.5. The van der Waals surface area contributed by atoms with E-state index in [1.807, 2.05) is 19.1 Å². The number of esters is 1. The summed E-state index contributed by atoms with van der Waals surface area (Å²) >= 11 is 0. The minimum Gasteiger partial charge on any atom is -0.465 e. The van der Waals surface area contributed by atoms with Crippen molar-refractivity contribution in [1.82, 2.24) is 4.90 Å². The molecular weight excluding hydrogens is 394 g/mol. The van der Waals surface area contributed by atoms with Gasteiger partial charge in [-0.2, -0.15) is 0 Å². The molecule has 0 radical (unpaired) electrons. The first-order valence-electron chi connectivity index (χ1n) is 11.7. The van der Waals surface area contributed by atoms with E-state index in [4.69, 9.17) is 4.74 Å². The van der Waals surface area contributed by atoms with Crippen LogP contribution in [0.15, 0.2) is 78.9 Å². The first-order valence-corrected chi connectivity index (χ1v) is 11.7. The highest BCUT2D eigenvalue weighted by Crippen LogP contribution is 2.51. The molecule has 3 nitrogen and oxygen atoms in total. The van der Waals surface area contributed by atoms with E-state index in [9.17, 15) is 4.79 Å². The van der Waals surface area contributed by atoms with E-state index in [1.165, 1.54) is 5.56 Å². The molecule has 3 aromatic carbocycles. The maximum Gasteiger partial charge on any atom is 0.321 e. The fraction of sp³-hybridized carbons (Fsp3) is 0.345. The predicted octanol–water partition coefficient (Wildman–Crippen LogP) is 6.21. The Morgan fingerprint density at radius 2 is 1.44 bits per heavy atom. The molecule has 0 atom stereocenters. The van der Waals surface area contributed by atoms with Crippen molar-refractivity contribution < 1.29 is 9.53 Å². The molecule has 0 amide bonds. The molecule has 0 N–H and O–H groups in total. The van der Waals surface area contributed by atoms with Crippen LogP contribution in [0.25, 0.3) is 11.1 Å². The lowest BCUT2D eigenvalue weighted by Gasteiger charge is -2.32. The fourth-order valence-electron chi connectivity index (χ4n) is 5.06. The van der Waals surface area contributed by atoms with E-state index in [-0.39, 0.29) is 5.97 Å². The number of hydrogen-bond acceptors (Lipinski definition) is 3. The third-order valence-corrected chi connectivity index (χ3v) is 6.64. The van der Waals surface area contributed by atoms with Gasteiger partial charge in [-0.05, 0) is 68.0 Å². The van der Waals surface area contributed by atoms with Crippen molar-refractivity contribution in [2.24, 2.45) is 0 Å². The second-order valence-corrected chi connectivity index (χ2v) is 8.87. The summed E-state index contributed by atoms with van der Waals surface area (Å²) in [5.74, 6) is -0.128. The lowest BCUT2D eigenvalue weighted by molar-refractivity contribution is -0.148. The average Bonchev–Trinajstić information content (AvgIpc) is 3.10. The van der Waals surface area contributed by atoms with Gasteiger partial charge in [-0.1, -0.05) is 78.9 Å². The van der Waals surface area contributed by atoms with Crippen molar-refractivity contribution in [3.63, 3.8) is 0 Å². The number of benzene rings is 3. The number of carbonyl (C=O) groups excluding carboxylic acids is 1. The van der Waals surface area contributed by atoms with E-state index in [0.717, 1.165) is 48.2 Å². The summed E-state index contributed by atoms with van der Waals surface area (Å²) in [6.07, 6.45) is 1.64. The zero-order chi connectivity index (χ0) is 22.6. The molecule has 0 aliphatic heterocycles. The molecule has 0 spiro atoms. The normalized spacial score (nSPS) is 13.8. The van der Waals surface area contributed by atoms with Crippen LogP contribution in [0.5, 0.6) is 0 Å². The summed E-state index contributed by atoms with van der Waals surface area (Å²) in [6, 6.07) is 27.7. The van der Waals surface area contributed by atoms with Crippen LogP contribution in [0.2, 0.25) is 0 Å². The Bertz CT molecular complexity index is 1010. The Labute approximate surface area is 192 Å². The summed E-state index contributed by atoms with van der Waals surface area (Å²) in [4.78, 5) is 16.0. The van der Waals surface area contributed by atoms with Crippen molar-refractivity contribution in [2.75, 3.05) is 13.2 Å². The number of ether oxygens (including phenoxy) is 1. The van der Waals surface area contributed by atoms with Crippen LogP contribution in [0.1, 0.15) is 50.3 Å². The largest absolute Gasteiger partial charge is 0.465 e.